The predicted octanol–water partition coefficient (Wildman–Crippen LogP) is 1.56. The SMILES string of the molecule is CCC(=O)NCc1cccc(NC(=O)CC#N)c1. The Labute approximate surface area is 106 Å². The van der Waals surface area contributed by atoms with Crippen molar-refractivity contribution in [2.75, 3.05) is 5.32 Å². The zero-order chi connectivity index (χ0) is 13.4. The number of nitrogens with zero attached hydrogens (tertiary/aromatic N) is 1. The Kier molecular flexibility index (Phi) is 5.39. The van der Waals surface area contributed by atoms with Crippen LogP contribution < -0.4 is 10.6 Å². The fourth-order valence-electron chi connectivity index (χ4n) is 1.36. The van der Waals surface area contributed by atoms with Gasteiger partial charge in [0.05, 0.1) is 6.07 Å². The molecule has 1 aromatic rings. The smallest absolute Gasteiger partial charge is 0.238 e. The summed E-state index contributed by atoms with van der Waals surface area (Å²) in [5.74, 6) is -0.360. The molecular formula is C13H15N3O2. The molecule has 0 saturated heterocycles. The molecule has 0 fully saturated rings. The topological polar surface area (TPSA) is 82.0 Å². The van der Waals surface area contributed by atoms with E-state index in [1.54, 1.807) is 31.2 Å². The van der Waals surface area contributed by atoms with Gasteiger partial charge in [0, 0.05) is 18.7 Å². The zero-order valence-electron chi connectivity index (χ0n) is 10.2. The van der Waals surface area contributed by atoms with Crippen molar-refractivity contribution in [2.45, 2.75) is 26.3 Å². The largest absolute Gasteiger partial charge is 0.352 e. The van der Waals surface area contributed by atoms with Crippen molar-refractivity contribution in [1.29, 1.82) is 5.26 Å². The van der Waals surface area contributed by atoms with Crippen LogP contribution in [0.2, 0.25) is 0 Å². The van der Waals surface area contributed by atoms with Crippen molar-refractivity contribution in [2.24, 2.45) is 0 Å². The third kappa shape index (κ3) is 4.66. The van der Waals surface area contributed by atoms with E-state index >= 15 is 0 Å². The van der Waals surface area contributed by atoms with Gasteiger partial charge in [-0.15, -0.1) is 0 Å². The van der Waals surface area contributed by atoms with E-state index < -0.39 is 0 Å². The Morgan fingerprint density at radius 3 is 2.78 bits per heavy atom. The number of nitrogens with one attached hydrogen (secondary N) is 2. The van der Waals surface area contributed by atoms with Gasteiger partial charge >= 0.3 is 0 Å². The summed E-state index contributed by atoms with van der Waals surface area (Å²) in [6, 6.07) is 8.93. The highest BCUT2D eigenvalue weighted by Gasteiger charge is 2.02. The molecule has 18 heavy (non-hydrogen) atoms. The van der Waals surface area contributed by atoms with Gasteiger partial charge in [-0.1, -0.05) is 19.1 Å². The molecule has 0 saturated carbocycles. The third-order valence-corrected chi connectivity index (χ3v) is 2.26. The number of rotatable bonds is 5. The summed E-state index contributed by atoms with van der Waals surface area (Å²) in [6.45, 7) is 2.21. The van der Waals surface area contributed by atoms with E-state index in [1.807, 2.05) is 6.07 Å². The number of hydrogen-bond donors (Lipinski definition) is 2. The van der Waals surface area contributed by atoms with Gasteiger partial charge in [0.2, 0.25) is 11.8 Å². The highest BCUT2D eigenvalue weighted by Crippen LogP contribution is 2.10. The molecule has 0 aliphatic rings. The van der Waals surface area contributed by atoms with Gasteiger partial charge in [0.1, 0.15) is 6.42 Å². The first-order valence-corrected chi connectivity index (χ1v) is 5.68. The summed E-state index contributed by atoms with van der Waals surface area (Å²) < 4.78 is 0. The van der Waals surface area contributed by atoms with Gasteiger partial charge in [-0.3, -0.25) is 9.59 Å². The van der Waals surface area contributed by atoms with Gasteiger partial charge in [-0.05, 0) is 17.7 Å². The van der Waals surface area contributed by atoms with Crippen LogP contribution >= 0.6 is 0 Å². The van der Waals surface area contributed by atoms with Crippen LogP contribution in [0.15, 0.2) is 24.3 Å². The fraction of sp³-hybridized carbons (Fsp3) is 0.308. The lowest BCUT2D eigenvalue weighted by Crippen LogP contribution is -2.21. The molecular weight excluding hydrogens is 230 g/mol. The molecule has 0 aliphatic heterocycles. The fourth-order valence-corrected chi connectivity index (χ4v) is 1.36. The average molecular weight is 245 g/mol. The number of anilines is 1. The maximum atomic E-state index is 11.2. The minimum atomic E-state index is -0.341. The summed E-state index contributed by atoms with van der Waals surface area (Å²) >= 11 is 0. The second-order valence-corrected chi connectivity index (χ2v) is 3.71. The maximum absolute atomic E-state index is 11.2. The minimum absolute atomic E-state index is 0.0195. The molecule has 5 nitrogen and oxygen atoms in total. The van der Waals surface area contributed by atoms with Crippen LogP contribution in [0, 0.1) is 11.3 Å². The van der Waals surface area contributed by atoms with Crippen LogP contribution in [0.3, 0.4) is 0 Å². The van der Waals surface area contributed by atoms with Gasteiger partial charge in [0.15, 0.2) is 0 Å². The van der Waals surface area contributed by atoms with Crippen LogP contribution in [-0.2, 0) is 16.1 Å². The number of carbonyl (C=O) groups is 2. The molecule has 0 radical (unpaired) electrons. The molecule has 0 aliphatic carbocycles. The lowest BCUT2D eigenvalue weighted by atomic mass is 10.2. The summed E-state index contributed by atoms with van der Waals surface area (Å²) in [4.78, 5) is 22.3. The first-order valence-electron chi connectivity index (χ1n) is 5.68. The molecule has 0 heterocycles. The summed E-state index contributed by atoms with van der Waals surface area (Å²) in [5.41, 5.74) is 1.52. The lowest BCUT2D eigenvalue weighted by molar-refractivity contribution is -0.121. The van der Waals surface area contributed by atoms with E-state index in [1.165, 1.54) is 0 Å². The molecule has 1 aromatic carbocycles. The number of benzene rings is 1. The summed E-state index contributed by atoms with van der Waals surface area (Å²) in [6.07, 6.45) is 0.273. The van der Waals surface area contributed by atoms with Gasteiger partial charge < -0.3 is 10.6 Å². The van der Waals surface area contributed by atoms with Crippen molar-refractivity contribution in [3.8, 4) is 6.07 Å². The Balaban J connectivity index is 2.59. The van der Waals surface area contributed by atoms with E-state index in [9.17, 15) is 9.59 Å². The minimum Gasteiger partial charge on any atom is -0.352 e. The van der Waals surface area contributed by atoms with Crippen LogP contribution in [0.1, 0.15) is 25.3 Å². The Hall–Kier alpha value is -2.35. The lowest BCUT2D eigenvalue weighted by Gasteiger charge is -2.07. The molecule has 0 spiro atoms. The summed E-state index contributed by atoms with van der Waals surface area (Å²) in [7, 11) is 0. The standard InChI is InChI=1S/C13H15N3O2/c1-2-12(17)15-9-10-4-3-5-11(8-10)16-13(18)6-7-14/h3-5,8H,2,6,9H2,1H3,(H,15,17)(H,16,18). The maximum Gasteiger partial charge on any atom is 0.238 e. The highest BCUT2D eigenvalue weighted by molar-refractivity contribution is 5.92. The van der Waals surface area contributed by atoms with E-state index in [0.717, 1.165) is 5.56 Å². The Morgan fingerprint density at radius 2 is 2.11 bits per heavy atom. The monoisotopic (exact) mass is 245 g/mol. The normalized spacial score (nSPS) is 9.33. The number of hydrogen-bond acceptors (Lipinski definition) is 3. The molecule has 0 unspecified atom stereocenters. The first kappa shape index (κ1) is 13.7. The molecule has 2 N–H and O–H groups in total. The van der Waals surface area contributed by atoms with Crippen molar-refractivity contribution >= 4 is 17.5 Å². The van der Waals surface area contributed by atoms with Crippen molar-refractivity contribution in [3.63, 3.8) is 0 Å². The number of nitriles is 1. The molecule has 94 valence electrons. The Morgan fingerprint density at radius 1 is 1.33 bits per heavy atom. The molecule has 0 aromatic heterocycles. The van der Waals surface area contributed by atoms with Gasteiger partial charge in [-0.25, -0.2) is 0 Å². The molecule has 0 atom stereocenters. The Bertz CT molecular complexity index is 477. The quantitative estimate of drug-likeness (QED) is 0.826. The van der Waals surface area contributed by atoms with Crippen molar-refractivity contribution in [3.05, 3.63) is 29.8 Å². The highest BCUT2D eigenvalue weighted by atomic mass is 16.2. The van der Waals surface area contributed by atoms with Crippen molar-refractivity contribution in [1.82, 2.24) is 5.32 Å². The van der Waals surface area contributed by atoms with E-state index in [-0.39, 0.29) is 18.2 Å². The second kappa shape index (κ2) is 7.07. The van der Waals surface area contributed by atoms with Crippen LogP contribution in [0.4, 0.5) is 5.69 Å². The predicted molar refractivity (Wildman–Crippen MR) is 67.4 cm³/mol. The van der Waals surface area contributed by atoms with Gasteiger partial charge in [-0.2, -0.15) is 5.26 Å². The van der Waals surface area contributed by atoms with Crippen LogP contribution in [-0.4, -0.2) is 11.8 Å². The van der Waals surface area contributed by atoms with Crippen molar-refractivity contribution < 1.29 is 9.59 Å². The second-order valence-electron chi connectivity index (χ2n) is 3.71. The van der Waals surface area contributed by atoms with E-state index in [0.29, 0.717) is 18.7 Å². The third-order valence-electron chi connectivity index (χ3n) is 2.26. The first-order chi connectivity index (χ1) is 8.65. The molecule has 5 heteroatoms. The zero-order valence-corrected chi connectivity index (χ0v) is 10.2. The van der Waals surface area contributed by atoms with E-state index in [4.69, 9.17) is 5.26 Å². The average Bonchev–Trinajstić information content (AvgIpc) is 2.36. The molecule has 2 amide bonds. The van der Waals surface area contributed by atoms with Gasteiger partial charge in [0.25, 0.3) is 0 Å². The molecule has 0 bridgehead atoms. The number of amides is 2. The summed E-state index contributed by atoms with van der Waals surface area (Å²) in [5, 5.41) is 13.7. The van der Waals surface area contributed by atoms with Crippen LogP contribution in [0.25, 0.3) is 0 Å². The molecule has 1 rings (SSSR count). The van der Waals surface area contributed by atoms with Crippen LogP contribution in [0.5, 0.6) is 0 Å². The van der Waals surface area contributed by atoms with E-state index in [2.05, 4.69) is 10.6 Å². The number of carbonyl (C=O) groups excluding carboxylic acids is 2.